The number of hydrogen-bond acceptors (Lipinski definition) is 3. The fraction of sp³-hybridized carbons (Fsp3) is 0.286. The second-order valence-electron chi connectivity index (χ2n) is 8.64. The summed E-state index contributed by atoms with van der Waals surface area (Å²) in [6.07, 6.45) is 1.08. The molecule has 0 radical (unpaired) electrons. The molecule has 2 amide bonds. The number of ether oxygens (including phenoxy) is 1. The minimum Gasteiger partial charge on any atom is -0.483 e. The number of hydrogen-bond donors (Lipinski definition) is 1. The molecule has 0 fully saturated rings. The maximum absolute atomic E-state index is 13.7. The standard InChI is InChI=1S/C28H28BrCl3N2O3/c1-3-18(2)33-28(36)25(13-19-7-5-4-6-8-19)34(16-20-9-10-22(31)15-24(20)32)27(35)17-37-26-12-11-21(30)14-23(26)29/h4-12,14-15,18,25H,3,13,16-17H2,1-2H3,(H,33,36)/t18-,25+/m1/s1. The lowest BCUT2D eigenvalue weighted by Gasteiger charge is -2.32. The van der Waals surface area contributed by atoms with E-state index in [9.17, 15) is 9.59 Å². The summed E-state index contributed by atoms with van der Waals surface area (Å²) in [5, 5.41) is 4.46. The summed E-state index contributed by atoms with van der Waals surface area (Å²) in [5.41, 5.74) is 1.59. The van der Waals surface area contributed by atoms with Crippen LogP contribution in [0.2, 0.25) is 15.1 Å². The van der Waals surface area contributed by atoms with E-state index in [-0.39, 0.29) is 31.0 Å². The molecule has 5 nitrogen and oxygen atoms in total. The Morgan fingerprint density at radius 2 is 1.68 bits per heavy atom. The third-order valence-corrected chi connectivity index (χ3v) is 7.31. The second kappa shape index (κ2) is 14.1. The highest BCUT2D eigenvalue weighted by atomic mass is 79.9. The smallest absolute Gasteiger partial charge is 0.261 e. The summed E-state index contributed by atoms with van der Waals surface area (Å²) in [7, 11) is 0. The largest absolute Gasteiger partial charge is 0.483 e. The van der Waals surface area contributed by atoms with Crippen LogP contribution >= 0.6 is 50.7 Å². The van der Waals surface area contributed by atoms with Crippen LogP contribution in [0.15, 0.2) is 71.2 Å². The van der Waals surface area contributed by atoms with E-state index in [0.717, 1.165) is 12.0 Å². The van der Waals surface area contributed by atoms with Crippen LogP contribution in [0.5, 0.6) is 5.75 Å². The molecule has 0 aliphatic heterocycles. The van der Waals surface area contributed by atoms with Crippen LogP contribution in [-0.2, 0) is 22.6 Å². The minimum absolute atomic E-state index is 0.0527. The van der Waals surface area contributed by atoms with Crippen molar-refractivity contribution >= 4 is 62.5 Å². The minimum atomic E-state index is -0.798. The molecule has 3 rings (SSSR count). The molecule has 37 heavy (non-hydrogen) atoms. The molecule has 0 aromatic heterocycles. The molecule has 3 aromatic carbocycles. The van der Waals surface area contributed by atoms with Gasteiger partial charge in [-0.15, -0.1) is 0 Å². The molecule has 196 valence electrons. The van der Waals surface area contributed by atoms with E-state index in [1.807, 2.05) is 44.2 Å². The lowest BCUT2D eigenvalue weighted by molar-refractivity contribution is -0.143. The monoisotopic (exact) mass is 624 g/mol. The van der Waals surface area contributed by atoms with Crippen LogP contribution in [0.3, 0.4) is 0 Å². The van der Waals surface area contributed by atoms with E-state index in [1.54, 1.807) is 36.4 Å². The number of nitrogens with one attached hydrogen (secondary N) is 1. The van der Waals surface area contributed by atoms with Crippen molar-refractivity contribution in [2.45, 2.75) is 45.3 Å². The van der Waals surface area contributed by atoms with E-state index in [0.29, 0.717) is 37.3 Å². The molecule has 9 heteroatoms. The van der Waals surface area contributed by atoms with Gasteiger partial charge >= 0.3 is 0 Å². The van der Waals surface area contributed by atoms with Gasteiger partial charge in [0.2, 0.25) is 5.91 Å². The zero-order valence-electron chi connectivity index (χ0n) is 20.5. The van der Waals surface area contributed by atoms with E-state index in [2.05, 4.69) is 21.2 Å². The van der Waals surface area contributed by atoms with Gasteiger partial charge in [0.1, 0.15) is 11.8 Å². The maximum Gasteiger partial charge on any atom is 0.261 e. The van der Waals surface area contributed by atoms with Crippen LogP contribution < -0.4 is 10.1 Å². The quantitative estimate of drug-likeness (QED) is 0.242. The average molecular weight is 627 g/mol. The molecule has 0 unspecified atom stereocenters. The molecule has 0 heterocycles. The molecule has 3 aromatic rings. The molecule has 0 aliphatic carbocycles. The van der Waals surface area contributed by atoms with Gasteiger partial charge in [0.25, 0.3) is 5.91 Å². The Hall–Kier alpha value is -2.25. The number of rotatable bonds is 11. The molecule has 1 N–H and O–H groups in total. The molecular formula is C28H28BrCl3N2O3. The van der Waals surface area contributed by atoms with Crippen molar-refractivity contribution < 1.29 is 14.3 Å². The summed E-state index contributed by atoms with van der Waals surface area (Å²) in [4.78, 5) is 28.7. The van der Waals surface area contributed by atoms with Crippen molar-refractivity contribution in [3.8, 4) is 5.75 Å². The van der Waals surface area contributed by atoms with Crippen molar-refractivity contribution in [1.29, 1.82) is 0 Å². The third-order valence-electron chi connectivity index (χ3n) is 5.87. The summed E-state index contributed by atoms with van der Waals surface area (Å²) < 4.78 is 6.44. The third kappa shape index (κ3) is 8.64. The first-order valence-corrected chi connectivity index (χ1v) is 13.8. The van der Waals surface area contributed by atoms with Crippen LogP contribution in [0.25, 0.3) is 0 Å². The number of amides is 2. The summed E-state index contributed by atoms with van der Waals surface area (Å²) in [6.45, 7) is 3.74. The Labute approximate surface area is 241 Å². The number of benzene rings is 3. The molecule has 0 spiro atoms. The Balaban J connectivity index is 1.95. The van der Waals surface area contributed by atoms with Gasteiger partial charge in [-0.2, -0.15) is 0 Å². The maximum atomic E-state index is 13.7. The second-order valence-corrected chi connectivity index (χ2v) is 10.8. The molecule has 0 bridgehead atoms. The predicted octanol–water partition coefficient (Wildman–Crippen LogP) is 7.34. The molecule has 0 saturated carbocycles. The average Bonchev–Trinajstić information content (AvgIpc) is 2.87. The van der Waals surface area contributed by atoms with E-state index >= 15 is 0 Å². The van der Waals surface area contributed by atoms with Gasteiger partial charge in [0, 0.05) is 34.1 Å². The lowest BCUT2D eigenvalue weighted by atomic mass is 10.0. The normalized spacial score (nSPS) is 12.5. The Morgan fingerprint density at radius 3 is 2.32 bits per heavy atom. The van der Waals surface area contributed by atoms with Crippen LogP contribution in [0.1, 0.15) is 31.4 Å². The van der Waals surface area contributed by atoms with E-state index in [4.69, 9.17) is 39.5 Å². The fourth-order valence-corrected chi connectivity index (χ4v) is 4.91. The van der Waals surface area contributed by atoms with Crippen molar-refractivity contribution in [3.63, 3.8) is 0 Å². The summed E-state index contributed by atoms with van der Waals surface area (Å²) in [5.74, 6) is -0.150. The number of halogens is 4. The van der Waals surface area contributed by atoms with Crippen LogP contribution in [0, 0.1) is 0 Å². The molecule has 2 atom stereocenters. The summed E-state index contributed by atoms with van der Waals surface area (Å²) in [6, 6.07) is 18.9. The number of carbonyl (C=O) groups is 2. The Bertz CT molecular complexity index is 1230. The molecule has 0 saturated heterocycles. The van der Waals surface area contributed by atoms with Gasteiger partial charge in [-0.3, -0.25) is 9.59 Å². The van der Waals surface area contributed by atoms with Crippen LogP contribution in [0.4, 0.5) is 0 Å². The van der Waals surface area contributed by atoms with Gasteiger partial charge in [-0.25, -0.2) is 0 Å². The first-order valence-electron chi connectivity index (χ1n) is 11.8. The molecular weight excluding hydrogens is 599 g/mol. The highest BCUT2D eigenvalue weighted by Crippen LogP contribution is 2.29. The zero-order chi connectivity index (χ0) is 26.9. The van der Waals surface area contributed by atoms with Crippen molar-refractivity contribution in [2.24, 2.45) is 0 Å². The van der Waals surface area contributed by atoms with Gasteiger partial charge in [0.05, 0.1) is 4.47 Å². The zero-order valence-corrected chi connectivity index (χ0v) is 24.4. The first kappa shape index (κ1) is 29.3. The molecule has 0 aliphatic rings. The van der Waals surface area contributed by atoms with Gasteiger partial charge < -0.3 is 15.0 Å². The van der Waals surface area contributed by atoms with Crippen molar-refractivity contribution in [2.75, 3.05) is 6.61 Å². The van der Waals surface area contributed by atoms with E-state index < -0.39 is 6.04 Å². The predicted molar refractivity (Wildman–Crippen MR) is 153 cm³/mol. The van der Waals surface area contributed by atoms with E-state index in [1.165, 1.54) is 4.90 Å². The van der Waals surface area contributed by atoms with Crippen LogP contribution in [-0.4, -0.2) is 35.4 Å². The van der Waals surface area contributed by atoms with Crippen molar-refractivity contribution in [1.82, 2.24) is 10.2 Å². The highest BCUT2D eigenvalue weighted by Gasteiger charge is 2.31. The topological polar surface area (TPSA) is 58.6 Å². The summed E-state index contributed by atoms with van der Waals surface area (Å²) >= 11 is 22.0. The first-order chi connectivity index (χ1) is 17.7. The SMILES string of the molecule is CC[C@@H](C)NC(=O)[C@H](Cc1ccccc1)N(Cc1ccc(Cl)cc1Cl)C(=O)COc1ccc(Cl)cc1Br. The van der Waals surface area contributed by atoms with Gasteiger partial charge in [0.15, 0.2) is 6.61 Å². The van der Waals surface area contributed by atoms with Crippen molar-refractivity contribution in [3.05, 3.63) is 97.4 Å². The Morgan fingerprint density at radius 1 is 1.00 bits per heavy atom. The van der Waals surface area contributed by atoms with Gasteiger partial charge in [-0.05, 0) is 70.7 Å². The Kier molecular flexibility index (Phi) is 11.1. The highest BCUT2D eigenvalue weighted by molar-refractivity contribution is 9.10. The lowest BCUT2D eigenvalue weighted by Crippen LogP contribution is -2.53. The number of nitrogens with zero attached hydrogens (tertiary/aromatic N) is 1. The fourth-order valence-electron chi connectivity index (χ4n) is 3.64. The number of carbonyl (C=O) groups excluding carboxylic acids is 2. The van der Waals surface area contributed by atoms with Gasteiger partial charge in [-0.1, -0.05) is 78.1 Å².